The minimum atomic E-state index is -0.225. The fourth-order valence-electron chi connectivity index (χ4n) is 3.29. The van der Waals surface area contributed by atoms with Gasteiger partial charge in [0, 0.05) is 11.7 Å². The first kappa shape index (κ1) is 19.8. The van der Waals surface area contributed by atoms with E-state index < -0.39 is 0 Å². The highest BCUT2D eigenvalue weighted by Crippen LogP contribution is 2.25. The second kappa shape index (κ2) is 9.31. The van der Waals surface area contributed by atoms with Crippen LogP contribution in [0, 0.1) is 5.92 Å². The molecule has 1 saturated heterocycles. The summed E-state index contributed by atoms with van der Waals surface area (Å²) in [5.74, 6) is 1.11. The van der Waals surface area contributed by atoms with Crippen molar-refractivity contribution >= 4 is 34.9 Å². The zero-order valence-corrected chi connectivity index (χ0v) is 16.6. The van der Waals surface area contributed by atoms with Gasteiger partial charge in [0.2, 0.25) is 0 Å². The van der Waals surface area contributed by atoms with E-state index in [0.29, 0.717) is 28.1 Å². The highest BCUT2D eigenvalue weighted by atomic mass is 35.5. The summed E-state index contributed by atoms with van der Waals surface area (Å²) in [6.07, 6.45) is 1.72. The second-order valence-electron chi connectivity index (χ2n) is 6.64. The smallest absolute Gasteiger partial charge is 0.319 e. The quantitative estimate of drug-likeness (QED) is 0.666. The Morgan fingerprint density at radius 3 is 2.63 bits per heavy atom. The van der Waals surface area contributed by atoms with Gasteiger partial charge in [0.15, 0.2) is 0 Å². The van der Waals surface area contributed by atoms with Crippen molar-refractivity contribution in [3.63, 3.8) is 0 Å². The molecule has 7 heteroatoms. The van der Waals surface area contributed by atoms with E-state index in [1.165, 1.54) is 0 Å². The van der Waals surface area contributed by atoms with Crippen LogP contribution in [0.1, 0.15) is 12.0 Å². The first-order valence-corrected chi connectivity index (χ1v) is 9.67. The highest BCUT2D eigenvalue weighted by Gasteiger charge is 2.26. The number of carbonyl (C=O) groups excluding carboxylic acids is 1. The molecule has 0 spiro atoms. The van der Waals surface area contributed by atoms with Crippen LogP contribution >= 0.6 is 23.2 Å². The van der Waals surface area contributed by atoms with E-state index in [-0.39, 0.29) is 12.1 Å². The van der Waals surface area contributed by atoms with Gasteiger partial charge in [0.1, 0.15) is 5.75 Å². The zero-order valence-electron chi connectivity index (χ0n) is 15.1. The molecule has 1 aliphatic rings. The first-order chi connectivity index (χ1) is 13.0. The third-order valence-electron chi connectivity index (χ3n) is 4.77. The van der Waals surface area contributed by atoms with E-state index >= 15 is 0 Å². The van der Waals surface area contributed by atoms with Crippen LogP contribution in [-0.2, 0) is 6.42 Å². The highest BCUT2D eigenvalue weighted by molar-refractivity contribution is 6.42. The fourth-order valence-corrected chi connectivity index (χ4v) is 3.61. The Kier molecular flexibility index (Phi) is 6.83. The molecule has 1 heterocycles. The zero-order chi connectivity index (χ0) is 19.2. The number of nitrogens with one attached hydrogen (secondary N) is 3. The van der Waals surface area contributed by atoms with Crippen molar-refractivity contribution in [1.82, 2.24) is 10.6 Å². The topological polar surface area (TPSA) is 62.4 Å². The maximum absolute atomic E-state index is 12.5. The van der Waals surface area contributed by atoms with Gasteiger partial charge in [-0.2, -0.15) is 0 Å². The number of urea groups is 1. The van der Waals surface area contributed by atoms with Crippen LogP contribution in [0.4, 0.5) is 10.5 Å². The van der Waals surface area contributed by atoms with Crippen LogP contribution in [0.2, 0.25) is 10.0 Å². The van der Waals surface area contributed by atoms with E-state index in [2.05, 4.69) is 16.0 Å². The molecule has 27 heavy (non-hydrogen) atoms. The molecule has 2 aromatic rings. The number of hydrogen-bond donors (Lipinski definition) is 3. The van der Waals surface area contributed by atoms with E-state index in [9.17, 15) is 4.79 Å². The SMILES string of the molecule is COc1ccc(NC(=O)NC(Cc2ccc(Cl)c(Cl)c2)C2CCNC2)cc1. The lowest BCUT2D eigenvalue weighted by atomic mass is 9.93. The van der Waals surface area contributed by atoms with Crippen molar-refractivity contribution in [2.45, 2.75) is 18.9 Å². The van der Waals surface area contributed by atoms with Gasteiger partial charge in [-0.1, -0.05) is 29.3 Å². The molecule has 0 bridgehead atoms. The molecule has 2 unspecified atom stereocenters. The Labute approximate surface area is 169 Å². The third kappa shape index (κ3) is 5.51. The standard InChI is InChI=1S/C20H23Cl2N3O2/c1-27-16-5-3-15(4-6-16)24-20(26)25-19(14-8-9-23-12-14)11-13-2-7-17(21)18(22)10-13/h2-7,10,14,19,23H,8-9,11-12H2,1H3,(H2,24,25,26). The molecule has 3 rings (SSSR count). The Morgan fingerprint density at radius 1 is 1.22 bits per heavy atom. The van der Waals surface area contributed by atoms with Crippen molar-refractivity contribution in [3.05, 3.63) is 58.1 Å². The molecule has 2 amide bonds. The Morgan fingerprint density at radius 2 is 2.00 bits per heavy atom. The summed E-state index contributed by atoms with van der Waals surface area (Å²) in [4.78, 5) is 12.5. The van der Waals surface area contributed by atoms with Crippen LogP contribution in [-0.4, -0.2) is 32.3 Å². The lowest BCUT2D eigenvalue weighted by molar-refractivity contribution is 0.243. The van der Waals surface area contributed by atoms with Crippen molar-refractivity contribution in [1.29, 1.82) is 0 Å². The van der Waals surface area contributed by atoms with Gasteiger partial charge in [0.25, 0.3) is 0 Å². The molecule has 2 aromatic carbocycles. The normalized spacial score (nSPS) is 17.4. The summed E-state index contributed by atoms with van der Waals surface area (Å²) in [5.41, 5.74) is 1.76. The Balaban J connectivity index is 1.66. The van der Waals surface area contributed by atoms with Crippen LogP contribution in [0.25, 0.3) is 0 Å². The van der Waals surface area contributed by atoms with Crippen molar-refractivity contribution in [2.24, 2.45) is 5.92 Å². The van der Waals surface area contributed by atoms with Crippen LogP contribution in [0.5, 0.6) is 5.75 Å². The lowest BCUT2D eigenvalue weighted by Gasteiger charge is -2.25. The molecule has 144 valence electrons. The van der Waals surface area contributed by atoms with Gasteiger partial charge >= 0.3 is 6.03 Å². The van der Waals surface area contributed by atoms with E-state index in [0.717, 1.165) is 30.8 Å². The lowest BCUT2D eigenvalue weighted by Crippen LogP contribution is -2.44. The predicted octanol–water partition coefficient (Wildman–Crippen LogP) is 4.34. The molecule has 3 N–H and O–H groups in total. The molecule has 5 nitrogen and oxygen atoms in total. The van der Waals surface area contributed by atoms with Gasteiger partial charge in [-0.05, 0) is 73.8 Å². The average Bonchev–Trinajstić information content (AvgIpc) is 3.19. The van der Waals surface area contributed by atoms with Gasteiger partial charge < -0.3 is 20.7 Å². The van der Waals surface area contributed by atoms with Gasteiger partial charge in [-0.25, -0.2) is 4.79 Å². The summed E-state index contributed by atoms with van der Waals surface area (Å²) in [7, 11) is 1.61. The van der Waals surface area contributed by atoms with Crippen molar-refractivity contribution in [2.75, 3.05) is 25.5 Å². The molecule has 2 atom stereocenters. The number of amides is 2. The van der Waals surface area contributed by atoms with E-state index in [1.54, 1.807) is 13.2 Å². The number of rotatable bonds is 6. The molecule has 0 radical (unpaired) electrons. The fraction of sp³-hybridized carbons (Fsp3) is 0.350. The Bertz CT molecular complexity index is 777. The summed E-state index contributed by atoms with van der Waals surface area (Å²) >= 11 is 12.2. The number of hydrogen-bond acceptors (Lipinski definition) is 3. The van der Waals surface area contributed by atoms with Crippen LogP contribution < -0.4 is 20.7 Å². The minimum Gasteiger partial charge on any atom is -0.497 e. The Hall–Kier alpha value is -1.95. The van der Waals surface area contributed by atoms with Gasteiger partial charge in [-0.3, -0.25) is 0 Å². The number of methoxy groups -OCH3 is 1. The second-order valence-corrected chi connectivity index (χ2v) is 7.45. The predicted molar refractivity (Wildman–Crippen MR) is 110 cm³/mol. The molecule has 0 saturated carbocycles. The summed E-state index contributed by atoms with van der Waals surface area (Å²) in [5, 5.41) is 10.4. The monoisotopic (exact) mass is 407 g/mol. The number of carbonyl (C=O) groups is 1. The summed E-state index contributed by atoms with van der Waals surface area (Å²) in [6, 6.07) is 12.6. The number of anilines is 1. The number of benzene rings is 2. The molecule has 0 aromatic heterocycles. The van der Waals surface area contributed by atoms with Crippen molar-refractivity contribution < 1.29 is 9.53 Å². The molecular weight excluding hydrogens is 385 g/mol. The minimum absolute atomic E-state index is 0.00418. The largest absolute Gasteiger partial charge is 0.497 e. The third-order valence-corrected chi connectivity index (χ3v) is 5.51. The molecular formula is C20H23Cl2N3O2. The van der Waals surface area contributed by atoms with Crippen LogP contribution in [0.15, 0.2) is 42.5 Å². The average molecular weight is 408 g/mol. The van der Waals surface area contributed by atoms with E-state index in [1.807, 2.05) is 36.4 Å². The first-order valence-electron chi connectivity index (χ1n) is 8.91. The number of halogens is 2. The maximum atomic E-state index is 12.5. The van der Waals surface area contributed by atoms with E-state index in [4.69, 9.17) is 27.9 Å². The van der Waals surface area contributed by atoms with Crippen LogP contribution in [0.3, 0.4) is 0 Å². The number of ether oxygens (including phenoxy) is 1. The van der Waals surface area contributed by atoms with Crippen molar-refractivity contribution in [3.8, 4) is 5.75 Å². The molecule has 0 aliphatic carbocycles. The summed E-state index contributed by atoms with van der Waals surface area (Å²) < 4.78 is 5.14. The van der Waals surface area contributed by atoms with Gasteiger partial charge in [0.05, 0.1) is 17.2 Å². The summed E-state index contributed by atoms with van der Waals surface area (Å²) in [6.45, 7) is 1.85. The molecule has 1 fully saturated rings. The molecule has 1 aliphatic heterocycles. The maximum Gasteiger partial charge on any atom is 0.319 e. The van der Waals surface area contributed by atoms with Gasteiger partial charge in [-0.15, -0.1) is 0 Å².